The van der Waals surface area contributed by atoms with Crippen molar-refractivity contribution >= 4 is 61.2 Å². The number of hydrogen-bond donors (Lipinski definition) is 0. The van der Waals surface area contributed by atoms with E-state index in [1.54, 1.807) is 0 Å². The van der Waals surface area contributed by atoms with Crippen LogP contribution in [0, 0.1) is 39.6 Å². The molecule has 0 atom stereocenters. The van der Waals surface area contributed by atoms with Gasteiger partial charge in [-0.25, -0.2) is 4.98 Å². The van der Waals surface area contributed by atoms with Crippen LogP contribution < -0.4 is 14.5 Å². The third-order valence-corrected chi connectivity index (χ3v) is 8.73. The number of pyridine rings is 2. The van der Waals surface area contributed by atoms with E-state index >= 15 is 0 Å². The fourth-order valence-electron chi connectivity index (χ4n) is 6.92. The maximum atomic E-state index is 6.45. The molecule has 0 fully saturated rings. The molecular weight excluding hydrogens is 762 g/mol. The number of nitrogens with zero attached hydrogens (tertiary/aromatic N) is 5. The first-order chi connectivity index (χ1) is 22.5. The Morgan fingerprint density at radius 2 is 1.43 bits per heavy atom. The second-order valence-corrected chi connectivity index (χ2v) is 11.8. The van der Waals surface area contributed by atoms with Gasteiger partial charge < -0.3 is 18.9 Å². The van der Waals surface area contributed by atoms with Crippen molar-refractivity contribution < 1.29 is 25.8 Å². The molecule has 0 N–H and O–H groups in total. The standard InChI is InChI=1S/C40H28N5O.Pt/c1-25-20-26(2)38(27(3)21-25)44-24-43(36-15-6-7-16-37(36)44)28-10-8-11-29(22-28)46-30-17-18-31-32-12-9-19-41-39(32)45-35-14-5-4-13-34(35)42-40(45)33(31)23-30;/h4-21,24H,1-3H3;/q-3;. The quantitative estimate of drug-likeness (QED) is 0.131. The largest absolute Gasteiger partial charge is 0.503 e. The number of aryl methyl sites for hydroxylation is 3. The van der Waals surface area contributed by atoms with Crippen molar-refractivity contribution in [3.63, 3.8) is 0 Å². The number of hydrogen-bond acceptors (Lipinski definition) is 5. The third kappa shape index (κ3) is 4.66. The maximum Gasteiger partial charge on any atom is 0.128 e. The Hall–Kier alpha value is -5.19. The first-order valence-electron chi connectivity index (χ1n) is 15.3. The Kier molecular flexibility index (Phi) is 7.00. The van der Waals surface area contributed by atoms with Gasteiger partial charge in [-0.05, 0) is 67.6 Å². The predicted octanol–water partition coefficient (Wildman–Crippen LogP) is 9.91. The van der Waals surface area contributed by atoms with Crippen LogP contribution in [0.2, 0.25) is 0 Å². The van der Waals surface area contributed by atoms with Gasteiger partial charge in [0.1, 0.15) is 5.65 Å². The van der Waals surface area contributed by atoms with E-state index in [1.165, 1.54) is 22.4 Å². The average molecular weight is 790 g/mol. The summed E-state index contributed by atoms with van der Waals surface area (Å²) in [6, 6.07) is 42.2. The molecule has 1 aliphatic rings. The number of fused-ring (bicyclic) bond motifs is 9. The molecule has 0 saturated carbocycles. The summed E-state index contributed by atoms with van der Waals surface area (Å²) in [4.78, 5) is 14.2. The summed E-state index contributed by atoms with van der Waals surface area (Å²) >= 11 is 0. The zero-order valence-corrected chi connectivity index (χ0v) is 28.2. The molecule has 8 aromatic rings. The van der Waals surface area contributed by atoms with Gasteiger partial charge >= 0.3 is 0 Å². The molecule has 6 nitrogen and oxygen atoms in total. The molecule has 9 rings (SSSR count). The molecule has 4 heterocycles. The number of anilines is 4. The number of aromatic nitrogens is 3. The molecule has 232 valence electrons. The molecule has 0 spiro atoms. The van der Waals surface area contributed by atoms with Gasteiger partial charge in [0.25, 0.3) is 0 Å². The summed E-state index contributed by atoms with van der Waals surface area (Å²) < 4.78 is 8.57. The zero-order valence-electron chi connectivity index (χ0n) is 25.9. The minimum Gasteiger partial charge on any atom is -0.503 e. The first-order valence-corrected chi connectivity index (χ1v) is 15.3. The molecule has 3 aromatic heterocycles. The van der Waals surface area contributed by atoms with Crippen LogP contribution in [-0.2, 0) is 21.1 Å². The Labute approximate surface area is 287 Å². The van der Waals surface area contributed by atoms with E-state index in [2.05, 4.69) is 114 Å². The molecule has 0 radical (unpaired) electrons. The molecule has 0 saturated heterocycles. The zero-order chi connectivity index (χ0) is 30.9. The van der Waals surface area contributed by atoms with Gasteiger partial charge in [0, 0.05) is 55.8 Å². The van der Waals surface area contributed by atoms with Gasteiger partial charge in [-0.3, -0.25) is 4.98 Å². The smallest absolute Gasteiger partial charge is 0.128 e. The van der Waals surface area contributed by atoms with Crippen LogP contribution in [0.15, 0.2) is 109 Å². The average Bonchev–Trinajstić information content (AvgIpc) is 3.64. The van der Waals surface area contributed by atoms with Gasteiger partial charge in [0.05, 0.1) is 16.7 Å². The summed E-state index contributed by atoms with van der Waals surface area (Å²) in [5.41, 5.74) is 11.6. The summed E-state index contributed by atoms with van der Waals surface area (Å²) in [6.07, 6.45) is 1.82. The van der Waals surface area contributed by atoms with Crippen molar-refractivity contribution in [3.8, 4) is 11.5 Å². The maximum absolute atomic E-state index is 6.45. The van der Waals surface area contributed by atoms with Crippen molar-refractivity contribution in [3.05, 3.63) is 145 Å². The van der Waals surface area contributed by atoms with E-state index in [-0.39, 0.29) is 21.1 Å². The molecule has 7 heteroatoms. The van der Waals surface area contributed by atoms with Crippen molar-refractivity contribution in [1.82, 2.24) is 14.4 Å². The van der Waals surface area contributed by atoms with Crippen molar-refractivity contribution in [1.29, 1.82) is 0 Å². The van der Waals surface area contributed by atoms with E-state index in [1.807, 2.05) is 48.7 Å². The SMILES string of the molecule is Cc1cc(C)c(N2[CH-]N(c3[c-]c(Oc4[c-]c5c(cc4)c4cccnc4n4c6ccccc6nc54)ccc3)c3ccccc32)c(C)c1.[Pt]. The molecule has 47 heavy (non-hydrogen) atoms. The molecule has 0 unspecified atom stereocenters. The van der Waals surface area contributed by atoms with Crippen LogP contribution in [0.1, 0.15) is 16.7 Å². The monoisotopic (exact) mass is 789 g/mol. The second kappa shape index (κ2) is 11.3. The molecule has 0 aliphatic carbocycles. The first kappa shape index (κ1) is 29.2. The molecule has 0 bridgehead atoms. The van der Waals surface area contributed by atoms with Crippen molar-refractivity contribution in [2.45, 2.75) is 20.8 Å². The normalized spacial score (nSPS) is 12.7. The van der Waals surface area contributed by atoms with Crippen LogP contribution in [0.3, 0.4) is 0 Å². The summed E-state index contributed by atoms with van der Waals surface area (Å²) in [7, 11) is 0. The number of imidazole rings is 1. The van der Waals surface area contributed by atoms with Crippen molar-refractivity contribution in [2.75, 3.05) is 9.80 Å². The minimum absolute atomic E-state index is 0. The summed E-state index contributed by atoms with van der Waals surface area (Å²) in [5, 5.41) is 2.95. The van der Waals surface area contributed by atoms with Crippen LogP contribution in [0.4, 0.5) is 22.7 Å². The minimum atomic E-state index is 0. The van der Waals surface area contributed by atoms with E-state index in [4.69, 9.17) is 14.7 Å². The fourth-order valence-corrected chi connectivity index (χ4v) is 6.92. The molecule has 5 aromatic carbocycles. The Morgan fingerprint density at radius 1 is 0.681 bits per heavy atom. The van der Waals surface area contributed by atoms with Crippen LogP contribution >= 0.6 is 0 Å². The molecular formula is C40H28N5OPt-3. The van der Waals surface area contributed by atoms with Crippen molar-refractivity contribution in [2.24, 2.45) is 0 Å². The number of benzene rings is 5. The second-order valence-electron chi connectivity index (χ2n) is 11.8. The van der Waals surface area contributed by atoms with Gasteiger partial charge in [0.2, 0.25) is 0 Å². The number of para-hydroxylation sites is 4. The summed E-state index contributed by atoms with van der Waals surface area (Å²) in [5.74, 6) is 1.20. The van der Waals surface area contributed by atoms with E-state index < -0.39 is 0 Å². The Bertz CT molecular complexity index is 2480. The van der Waals surface area contributed by atoms with E-state index in [0.717, 1.165) is 55.5 Å². The van der Waals surface area contributed by atoms with Crippen LogP contribution in [-0.4, -0.2) is 14.4 Å². The topological polar surface area (TPSA) is 45.9 Å². The summed E-state index contributed by atoms with van der Waals surface area (Å²) in [6.45, 7) is 8.64. The predicted molar refractivity (Wildman–Crippen MR) is 185 cm³/mol. The number of ether oxygens (including phenoxy) is 1. The molecule has 1 aliphatic heterocycles. The Morgan fingerprint density at radius 3 is 2.26 bits per heavy atom. The van der Waals surface area contributed by atoms with Crippen LogP contribution in [0.5, 0.6) is 11.5 Å². The Balaban J connectivity index is 0.00000324. The molecule has 0 amide bonds. The van der Waals surface area contributed by atoms with Gasteiger partial charge in [-0.2, -0.15) is 6.07 Å². The van der Waals surface area contributed by atoms with Gasteiger partial charge in [-0.1, -0.05) is 64.9 Å². The fraction of sp³-hybridized carbons (Fsp3) is 0.0750. The third-order valence-electron chi connectivity index (χ3n) is 8.73. The van der Waals surface area contributed by atoms with E-state index in [0.29, 0.717) is 11.5 Å². The number of rotatable bonds is 4. The van der Waals surface area contributed by atoms with Gasteiger partial charge in [-0.15, -0.1) is 42.7 Å². The van der Waals surface area contributed by atoms with Crippen LogP contribution in [0.25, 0.3) is 38.5 Å². The van der Waals surface area contributed by atoms with E-state index in [9.17, 15) is 0 Å². The van der Waals surface area contributed by atoms with Gasteiger partial charge in [0.15, 0.2) is 0 Å².